The molecule has 112 valence electrons. The Morgan fingerprint density at radius 3 is 2.35 bits per heavy atom. The predicted octanol–water partition coefficient (Wildman–Crippen LogP) is 2.53. The number of aliphatic hydroxyl groups is 1. The Morgan fingerprint density at radius 1 is 1.10 bits per heavy atom. The summed E-state index contributed by atoms with van der Waals surface area (Å²) in [5.74, 6) is 0. The summed E-state index contributed by atoms with van der Waals surface area (Å²) < 4.78 is 0. The van der Waals surface area contributed by atoms with Crippen LogP contribution < -0.4 is 4.90 Å². The fourth-order valence-corrected chi connectivity index (χ4v) is 2.76. The number of nitrogens with zero attached hydrogens (tertiary/aromatic N) is 2. The van der Waals surface area contributed by atoms with Crippen molar-refractivity contribution in [3.63, 3.8) is 0 Å². The van der Waals surface area contributed by atoms with Crippen molar-refractivity contribution in [2.45, 2.75) is 39.2 Å². The first-order valence-electron chi connectivity index (χ1n) is 7.77. The number of piperazine rings is 1. The van der Waals surface area contributed by atoms with Gasteiger partial charge >= 0.3 is 0 Å². The molecule has 1 aliphatic rings. The van der Waals surface area contributed by atoms with E-state index in [1.54, 1.807) is 0 Å². The Balaban J connectivity index is 1.88. The number of para-hydroxylation sites is 1. The van der Waals surface area contributed by atoms with Crippen LogP contribution in [0.2, 0.25) is 0 Å². The van der Waals surface area contributed by atoms with E-state index in [0.29, 0.717) is 0 Å². The number of anilines is 1. The van der Waals surface area contributed by atoms with E-state index < -0.39 is 5.60 Å². The molecule has 0 bridgehead atoms. The summed E-state index contributed by atoms with van der Waals surface area (Å²) in [5.41, 5.74) is 2.29. The summed E-state index contributed by atoms with van der Waals surface area (Å²) in [6.45, 7) is 11.3. The molecular formula is C17H28N2O. The van der Waals surface area contributed by atoms with Crippen molar-refractivity contribution in [1.82, 2.24) is 4.90 Å². The fourth-order valence-electron chi connectivity index (χ4n) is 2.76. The summed E-state index contributed by atoms with van der Waals surface area (Å²) >= 11 is 0. The van der Waals surface area contributed by atoms with Crippen LogP contribution in [0.1, 0.15) is 32.8 Å². The zero-order valence-electron chi connectivity index (χ0n) is 13.1. The average molecular weight is 276 g/mol. The van der Waals surface area contributed by atoms with Gasteiger partial charge in [-0.25, -0.2) is 0 Å². The van der Waals surface area contributed by atoms with Crippen molar-refractivity contribution in [3.8, 4) is 0 Å². The number of aryl methyl sites for hydroxylation is 1. The normalized spacial score (nSPS) is 17.5. The van der Waals surface area contributed by atoms with Gasteiger partial charge in [0, 0.05) is 38.4 Å². The molecule has 0 unspecified atom stereocenters. The highest BCUT2D eigenvalue weighted by Crippen LogP contribution is 2.22. The van der Waals surface area contributed by atoms with Gasteiger partial charge in [-0.1, -0.05) is 25.1 Å². The predicted molar refractivity (Wildman–Crippen MR) is 85.4 cm³/mol. The molecular weight excluding hydrogens is 248 g/mol. The molecule has 1 heterocycles. The van der Waals surface area contributed by atoms with E-state index in [0.717, 1.165) is 45.6 Å². The monoisotopic (exact) mass is 276 g/mol. The molecule has 1 fully saturated rings. The fraction of sp³-hybridized carbons (Fsp3) is 0.647. The largest absolute Gasteiger partial charge is 0.390 e. The van der Waals surface area contributed by atoms with Crippen molar-refractivity contribution in [3.05, 3.63) is 29.8 Å². The maximum atomic E-state index is 9.81. The molecule has 3 heteroatoms. The first kappa shape index (κ1) is 15.3. The van der Waals surface area contributed by atoms with E-state index in [1.807, 2.05) is 13.8 Å². The lowest BCUT2D eigenvalue weighted by Crippen LogP contribution is -2.47. The molecule has 0 radical (unpaired) electrons. The SMILES string of the molecule is CCc1ccccc1N1CCN(CCC(C)(C)O)CC1. The number of benzene rings is 1. The van der Waals surface area contributed by atoms with E-state index in [2.05, 4.69) is 41.0 Å². The van der Waals surface area contributed by atoms with Gasteiger partial charge in [0.2, 0.25) is 0 Å². The quantitative estimate of drug-likeness (QED) is 0.895. The molecule has 0 amide bonds. The lowest BCUT2D eigenvalue weighted by atomic mass is 10.0. The molecule has 0 atom stereocenters. The van der Waals surface area contributed by atoms with Crippen LogP contribution in [-0.4, -0.2) is 48.3 Å². The van der Waals surface area contributed by atoms with Gasteiger partial charge in [-0.05, 0) is 38.3 Å². The van der Waals surface area contributed by atoms with Crippen LogP contribution in [0.15, 0.2) is 24.3 Å². The maximum absolute atomic E-state index is 9.81. The van der Waals surface area contributed by atoms with Gasteiger partial charge in [-0.2, -0.15) is 0 Å². The molecule has 3 nitrogen and oxygen atoms in total. The lowest BCUT2D eigenvalue weighted by molar-refractivity contribution is 0.0569. The molecule has 0 saturated carbocycles. The molecule has 1 aromatic carbocycles. The van der Waals surface area contributed by atoms with Gasteiger partial charge < -0.3 is 10.0 Å². The van der Waals surface area contributed by atoms with E-state index in [9.17, 15) is 5.11 Å². The van der Waals surface area contributed by atoms with Crippen molar-refractivity contribution in [2.24, 2.45) is 0 Å². The second kappa shape index (κ2) is 6.59. The number of hydrogen-bond acceptors (Lipinski definition) is 3. The highest BCUT2D eigenvalue weighted by Gasteiger charge is 2.20. The third-order valence-electron chi connectivity index (χ3n) is 4.13. The number of rotatable bonds is 5. The molecule has 1 saturated heterocycles. The van der Waals surface area contributed by atoms with Gasteiger partial charge in [0.15, 0.2) is 0 Å². The van der Waals surface area contributed by atoms with Crippen molar-refractivity contribution in [1.29, 1.82) is 0 Å². The lowest BCUT2D eigenvalue weighted by Gasteiger charge is -2.37. The highest BCUT2D eigenvalue weighted by molar-refractivity contribution is 5.54. The summed E-state index contributed by atoms with van der Waals surface area (Å²) in [6.07, 6.45) is 1.94. The number of hydrogen-bond donors (Lipinski definition) is 1. The Bertz CT molecular complexity index is 417. The van der Waals surface area contributed by atoms with E-state index in [-0.39, 0.29) is 0 Å². The van der Waals surface area contributed by atoms with Crippen molar-refractivity contribution in [2.75, 3.05) is 37.6 Å². The third kappa shape index (κ3) is 4.22. The zero-order chi connectivity index (χ0) is 14.6. The molecule has 0 spiro atoms. The summed E-state index contributed by atoms with van der Waals surface area (Å²) in [6, 6.07) is 8.73. The second-order valence-corrected chi connectivity index (χ2v) is 6.37. The van der Waals surface area contributed by atoms with Crippen LogP contribution in [0.3, 0.4) is 0 Å². The first-order chi connectivity index (χ1) is 9.49. The van der Waals surface area contributed by atoms with Gasteiger partial charge in [0.05, 0.1) is 5.60 Å². The van der Waals surface area contributed by atoms with Crippen LogP contribution in [0, 0.1) is 0 Å². The van der Waals surface area contributed by atoms with Crippen LogP contribution in [-0.2, 0) is 6.42 Å². The van der Waals surface area contributed by atoms with Gasteiger partial charge in [-0.3, -0.25) is 4.90 Å². The summed E-state index contributed by atoms with van der Waals surface area (Å²) in [5, 5.41) is 9.81. The minimum Gasteiger partial charge on any atom is -0.390 e. The Labute approximate surface area is 123 Å². The van der Waals surface area contributed by atoms with Crippen LogP contribution in [0.4, 0.5) is 5.69 Å². The molecule has 1 N–H and O–H groups in total. The molecule has 20 heavy (non-hydrogen) atoms. The minimum atomic E-state index is -0.550. The smallest absolute Gasteiger partial charge is 0.0603 e. The van der Waals surface area contributed by atoms with Gasteiger partial charge in [-0.15, -0.1) is 0 Å². The van der Waals surface area contributed by atoms with Crippen LogP contribution in [0.5, 0.6) is 0 Å². The van der Waals surface area contributed by atoms with E-state index in [1.165, 1.54) is 11.3 Å². The molecule has 0 aliphatic carbocycles. The van der Waals surface area contributed by atoms with Crippen LogP contribution >= 0.6 is 0 Å². The summed E-state index contributed by atoms with van der Waals surface area (Å²) in [7, 11) is 0. The Kier molecular flexibility index (Phi) is 5.06. The van der Waals surface area contributed by atoms with E-state index >= 15 is 0 Å². The Hall–Kier alpha value is -1.06. The second-order valence-electron chi connectivity index (χ2n) is 6.37. The maximum Gasteiger partial charge on any atom is 0.0603 e. The molecule has 2 rings (SSSR count). The first-order valence-corrected chi connectivity index (χ1v) is 7.77. The standard InChI is InChI=1S/C17H28N2O/c1-4-15-7-5-6-8-16(15)19-13-11-18(12-14-19)10-9-17(2,3)20/h5-8,20H,4,9-14H2,1-3H3. The zero-order valence-corrected chi connectivity index (χ0v) is 13.1. The molecule has 1 aromatic rings. The van der Waals surface area contributed by atoms with Crippen molar-refractivity contribution >= 4 is 5.69 Å². The Morgan fingerprint density at radius 2 is 1.75 bits per heavy atom. The van der Waals surface area contributed by atoms with Gasteiger partial charge in [0.1, 0.15) is 0 Å². The molecule has 1 aliphatic heterocycles. The minimum absolute atomic E-state index is 0.550. The van der Waals surface area contributed by atoms with Gasteiger partial charge in [0.25, 0.3) is 0 Å². The topological polar surface area (TPSA) is 26.7 Å². The third-order valence-corrected chi connectivity index (χ3v) is 4.13. The van der Waals surface area contributed by atoms with Crippen molar-refractivity contribution < 1.29 is 5.11 Å². The average Bonchev–Trinajstić information content (AvgIpc) is 2.45. The highest BCUT2D eigenvalue weighted by atomic mass is 16.3. The summed E-state index contributed by atoms with van der Waals surface area (Å²) in [4.78, 5) is 4.96. The van der Waals surface area contributed by atoms with E-state index in [4.69, 9.17) is 0 Å². The molecule has 0 aromatic heterocycles. The van der Waals surface area contributed by atoms with Crippen LogP contribution in [0.25, 0.3) is 0 Å².